The molecule has 24 heavy (non-hydrogen) atoms. The van der Waals surface area contributed by atoms with Gasteiger partial charge in [-0.05, 0) is 43.2 Å². The lowest BCUT2D eigenvalue weighted by atomic mass is 10.1. The molecule has 0 amide bonds. The molecule has 0 unspecified atom stereocenters. The van der Waals surface area contributed by atoms with Gasteiger partial charge in [-0.1, -0.05) is 41.9 Å². The van der Waals surface area contributed by atoms with Crippen LogP contribution < -0.4 is 0 Å². The molecule has 2 aromatic heterocycles. The number of carbonyl (C=O) groups excluding carboxylic acids is 2. The molecule has 0 aliphatic heterocycles. The highest BCUT2D eigenvalue weighted by Crippen LogP contribution is 2.24. The average Bonchev–Trinajstić information content (AvgIpc) is 2.95. The highest BCUT2D eigenvalue weighted by molar-refractivity contribution is 6.29. The SMILES string of the molecule is Cc1ccc(-c2ccnc(Cl)c2)n1CCc1ccccc1.O=C=O. The predicted molar refractivity (Wildman–Crippen MR) is 92.6 cm³/mol. The van der Waals surface area contributed by atoms with E-state index in [4.69, 9.17) is 21.2 Å². The van der Waals surface area contributed by atoms with E-state index in [0.29, 0.717) is 5.15 Å². The van der Waals surface area contributed by atoms with Crippen molar-refractivity contribution in [2.45, 2.75) is 19.9 Å². The zero-order chi connectivity index (χ0) is 17.4. The Morgan fingerprint density at radius 2 is 1.79 bits per heavy atom. The second kappa shape index (κ2) is 8.82. The lowest BCUT2D eigenvalue weighted by molar-refractivity contribution is -0.191. The summed E-state index contributed by atoms with van der Waals surface area (Å²) >= 11 is 6.01. The molecule has 0 bridgehead atoms. The maximum Gasteiger partial charge on any atom is 0.373 e. The third kappa shape index (κ3) is 4.66. The number of hydrogen-bond acceptors (Lipinski definition) is 3. The van der Waals surface area contributed by atoms with Gasteiger partial charge in [0, 0.05) is 29.7 Å². The van der Waals surface area contributed by atoms with Gasteiger partial charge in [0.05, 0.1) is 0 Å². The standard InChI is InChI=1S/C18H17ClN2.CO2/c1-14-7-8-17(16-9-11-20-18(19)13-16)21(14)12-10-15-5-3-2-4-6-15;2-1-3/h2-9,11,13H,10,12H2,1H3;. The van der Waals surface area contributed by atoms with Crippen LogP contribution in [0, 0.1) is 6.92 Å². The molecule has 5 heteroatoms. The van der Waals surface area contributed by atoms with E-state index >= 15 is 0 Å². The van der Waals surface area contributed by atoms with Crippen LogP contribution in [0.15, 0.2) is 60.8 Å². The van der Waals surface area contributed by atoms with Crippen molar-refractivity contribution >= 4 is 17.8 Å². The molecule has 0 fully saturated rings. The lowest BCUT2D eigenvalue weighted by Crippen LogP contribution is -2.05. The summed E-state index contributed by atoms with van der Waals surface area (Å²) in [4.78, 5) is 20.3. The summed E-state index contributed by atoms with van der Waals surface area (Å²) in [7, 11) is 0. The summed E-state index contributed by atoms with van der Waals surface area (Å²) in [6, 6.07) is 18.8. The first-order valence-corrected chi connectivity index (χ1v) is 7.84. The third-order valence-corrected chi connectivity index (χ3v) is 3.89. The van der Waals surface area contributed by atoms with E-state index in [0.717, 1.165) is 18.5 Å². The van der Waals surface area contributed by atoms with Crippen molar-refractivity contribution < 1.29 is 9.59 Å². The van der Waals surface area contributed by atoms with Crippen LogP contribution in [0.3, 0.4) is 0 Å². The van der Waals surface area contributed by atoms with Gasteiger partial charge in [0.25, 0.3) is 0 Å². The van der Waals surface area contributed by atoms with Crippen molar-refractivity contribution in [1.29, 1.82) is 0 Å². The van der Waals surface area contributed by atoms with E-state index in [-0.39, 0.29) is 6.15 Å². The molecule has 3 rings (SSSR count). The minimum absolute atomic E-state index is 0.250. The van der Waals surface area contributed by atoms with E-state index in [1.165, 1.54) is 17.0 Å². The first kappa shape index (κ1) is 17.7. The van der Waals surface area contributed by atoms with Crippen LogP contribution >= 0.6 is 11.6 Å². The van der Waals surface area contributed by atoms with Crippen molar-refractivity contribution in [3.63, 3.8) is 0 Å². The lowest BCUT2D eigenvalue weighted by Gasteiger charge is -2.12. The first-order chi connectivity index (χ1) is 11.7. The third-order valence-electron chi connectivity index (χ3n) is 3.69. The van der Waals surface area contributed by atoms with E-state index in [1.807, 2.05) is 12.1 Å². The molecule has 122 valence electrons. The topological polar surface area (TPSA) is 52.0 Å². The van der Waals surface area contributed by atoms with Gasteiger partial charge in [0.1, 0.15) is 5.15 Å². The molecule has 0 atom stereocenters. The molecular weight excluding hydrogens is 324 g/mol. The second-order valence-corrected chi connectivity index (χ2v) is 5.59. The quantitative estimate of drug-likeness (QED) is 0.670. The Bertz CT molecular complexity index is 822. The summed E-state index contributed by atoms with van der Waals surface area (Å²) < 4.78 is 2.33. The van der Waals surface area contributed by atoms with Crippen molar-refractivity contribution in [1.82, 2.24) is 9.55 Å². The molecule has 0 saturated carbocycles. The second-order valence-electron chi connectivity index (χ2n) is 5.20. The van der Waals surface area contributed by atoms with Crippen molar-refractivity contribution in [3.8, 4) is 11.3 Å². The van der Waals surface area contributed by atoms with Crippen LogP contribution in [0.1, 0.15) is 11.3 Å². The largest absolute Gasteiger partial charge is 0.373 e. The summed E-state index contributed by atoms with van der Waals surface area (Å²) in [5.41, 5.74) is 4.90. The van der Waals surface area contributed by atoms with E-state index in [1.54, 1.807) is 6.20 Å². The van der Waals surface area contributed by atoms with Crippen molar-refractivity contribution in [3.05, 3.63) is 77.2 Å². The fourth-order valence-electron chi connectivity index (χ4n) is 2.57. The maximum atomic E-state index is 8.12. The van der Waals surface area contributed by atoms with Gasteiger partial charge in [0.15, 0.2) is 0 Å². The number of halogens is 1. The average molecular weight is 341 g/mol. The molecule has 0 radical (unpaired) electrons. The Balaban J connectivity index is 0.000000647. The number of benzene rings is 1. The number of aromatic nitrogens is 2. The Morgan fingerprint density at radius 3 is 2.46 bits per heavy atom. The van der Waals surface area contributed by atoms with Gasteiger partial charge in [-0.25, -0.2) is 4.98 Å². The number of nitrogens with zero attached hydrogens (tertiary/aromatic N) is 2. The fourth-order valence-corrected chi connectivity index (χ4v) is 2.74. The number of pyridine rings is 1. The summed E-state index contributed by atoms with van der Waals surface area (Å²) in [5, 5.41) is 0.529. The molecule has 4 nitrogen and oxygen atoms in total. The van der Waals surface area contributed by atoms with E-state index < -0.39 is 0 Å². The number of aryl methyl sites for hydroxylation is 2. The van der Waals surface area contributed by atoms with Crippen LogP contribution in [-0.2, 0) is 22.6 Å². The van der Waals surface area contributed by atoms with Gasteiger partial charge in [-0.15, -0.1) is 0 Å². The molecule has 3 aromatic rings. The number of hydrogen-bond donors (Lipinski definition) is 0. The zero-order valence-electron chi connectivity index (χ0n) is 13.3. The molecule has 0 saturated heterocycles. The Morgan fingerprint density at radius 1 is 1.08 bits per heavy atom. The minimum atomic E-state index is 0.250. The summed E-state index contributed by atoms with van der Waals surface area (Å²) in [5.74, 6) is 0. The molecule has 0 aliphatic carbocycles. The van der Waals surface area contributed by atoms with Crippen LogP contribution in [0.4, 0.5) is 0 Å². The minimum Gasteiger partial charge on any atom is -0.345 e. The summed E-state index contributed by atoms with van der Waals surface area (Å²) in [6.07, 6.45) is 3.02. The normalized spacial score (nSPS) is 9.75. The Kier molecular flexibility index (Phi) is 6.50. The first-order valence-electron chi connectivity index (χ1n) is 7.47. The summed E-state index contributed by atoms with van der Waals surface area (Å²) in [6.45, 7) is 3.09. The van der Waals surface area contributed by atoms with Gasteiger partial charge < -0.3 is 4.57 Å². The van der Waals surface area contributed by atoms with Gasteiger partial charge in [-0.3, -0.25) is 0 Å². The van der Waals surface area contributed by atoms with Crippen LogP contribution in [0.5, 0.6) is 0 Å². The smallest absolute Gasteiger partial charge is 0.345 e. The van der Waals surface area contributed by atoms with E-state index in [2.05, 4.69) is 58.9 Å². The Labute approximate surface area is 145 Å². The van der Waals surface area contributed by atoms with Crippen molar-refractivity contribution in [2.75, 3.05) is 0 Å². The molecule has 0 N–H and O–H groups in total. The van der Waals surface area contributed by atoms with Gasteiger partial charge in [0.2, 0.25) is 0 Å². The van der Waals surface area contributed by atoms with Crippen LogP contribution in [-0.4, -0.2) is 15.7 Å². The molecule has 0 spiro atoms. The fraction of sp³-hybridized carbons (Fsp3) is 0.158. The highest BCUT2D eigenvalue weighted by atomic mass is 35.5. The monoisotopic (exact) mass is 340 g/mol. The highest BCUT2D eigenvalue weighted by Gasteiger charge is 2.08. The van der Waals surface area contributed by atoms with Crippen LogP contribution in [0.25, 0.3) is 11.3 Å². The molecule has 0 aliphatic rings. The predicted octanol–water partition coefficient (Wildman–Crippen LogP) is 4.17. The van der Waals surface area contributed by atoms with Gasteiger partial charge in [-0.2, -0.15) is 9.59 Å². The van der Waals surface area contributed by atoms with E-state index in [9.17, 15) is 0 Å². The number of rotatable bonds is 4. The molecule has 1 aromatic carbocycles. The Hall–Kier alpha value is -2.68. The zero-order valence-corrected chi connectivity index (χ0v) is 14.0. The molecule has 2 heterocycles. The van der Waals surface area contributed by atoms with Gasteiger partial charge >= 0.3 is 6.15 Å². The molecular formula is C19H17ClN2O2. The van der Waals surface area contributed by atoms with Crippen LogP contribution in [0.2, 0.25) is 5.15 Å². The van der Waals surface area contributed by atoms with Crippen molar-refractivity contribution in [2.24, 2.45) is 0 Å². The maximum absolute atomic E-state index is 8.12.